The molecule has 0 aliphatic heterocycles. The van der Waals surface area contributed by atoms with Gasteiger partial charge in [0.05, 0.1) is 30.8 Å². The average Bonchev–Trinajstić information content (AvgIpc) is 3.30. The monoisotopic (exact) mass is 585 g/mol. The van der Waals surface area contributed by atoms with Crippen molar-refractivity contribution in [2.24, 2.45) is 5.10 Å². The first kappa shape index (κ1) is 24.4. The van der Waals surface area contributed by atoms with Gasteiger partial charge < -0.3 is 13.9 Å². The van der Waals surface area contributed by atoms with E-state index in [1.807, 2.05) is 13.0 Å². The standard InChI is InChI=1S/C26H18BrCl2N3O4/c1-3-35-24-20(34-2)12-15(22(27)23(24)29)13-30-32-25(31-18-7-5-4-6-17(18)26(32)33)21-11-14-10-16(28)8-9-19(14)36-21/h4-13H,3H2,1-2H3. The first-order valence-electron chi connectivity index (χ1n) is 10.9. The second-order valence-electron chi connectivity index (χ2n) is 7.67. The van der Waals surface area contributed by atoms with Crippen LogP contribution in [0.1, 0.15) is 12.5 Å². The maximum absolute atomic E-state index is 13.5. The van der Waals surface area contributed by atoms with Crippen LogP contribution in [0.25, 0.3) is 33.5 Å². The molecule has 182 valence electrons. The molecule has 0 bridgehead atoms. The molecule has 0 fully saturated rings. The van der Waals surface area contributed by atoms with Crippen LogP contribution in [0.4, 0.5) is 0 Å². The number of ether oxygens (including phenoxy) is 2. The third-order valence-electron chi connectivity index (χ3n) is 5.43. The number of para-hydroxylation sites is 1. The highest BCUT2D eigenvalue weighted by atomic mass is 79.9. The van der Waals surface area contributed by atoms with Crippen molar-refractivity contribution in [1.29, 1.82) is 0 Å². The summed E-state index contributed by atoms with van der Waals surface area (Å²) in [7, 11) is 1.52. The van der Waals surface area contributed by atoms with Crippen molar-refractivity contribution in [3.05, 3.63) is 85.0 Å². The smallest absolute Gasteiger partial charge is 0.282 e. The van der Waals surface area contributed by atoms with Gasteiger partial charge in [-0.2, -0.15) is 9.78 Å². The lowest BCUT2D eigenvalue weighted by Crippen LogP contribution is -2.20. The zero-order valence-corrected chi connectivity index (χ0v) is 22.2. The predicted octanol–water partition coefficient (Wildman–Crippen LogP) is 7.17. The predicted molar refractivity (Wildman–Crippen MR) is 146 cm³/mol. The Balaban J connectivity index is 1.71. The Morgan fingerprint density at radius 3 is 2.75 bits per heavy atom. The molecular weight excluding hydrogens is 569 g/mol. The van der Waals surface area contributed by atoms with E-state index in [-0.39, 0.29) is 11.4 Å². The van der Waals surface area contributed by atoms with Crippen molar-refractivity contribution < 1.29 is 13.9 Å². The summed E-state index contributed by atoms with van der Waals surface area (Å²) in [6, 6.07) is 15.8. The Labute approximate surface area is 224 Å². The summed E-state index contributed by atoms with van der Waals surface area (Å²) in [4.78, 5) is 18.2. The molecule has 10 heteroatoms. The number of hydrogen-bond donors (Lipinski definition) is 0. The molecule has 0 spiro atoms. The van der Waals surface area contributed by atoms with Gasteiger partial charge in [0.1, 0.15) is 10.6 Å². The van der Waals surface area contributed by atoms with E-state index in [1.165, 1.54) is 18.0 Å². The summed E-state index contributed by atoms with van der Waals surface area (Å²) in [6.07, 6.45) is 1.50. The molecule has 5 aromatic rings. The number of fused-ring (bicyclic) bond motifs is 2. The van der Waals surface area contributed by atoms with E-state index in [4.69, 9.17) is 37.1 Å². The molecule has 0 amide bonds. The van der Waals surface area contributed by atoms with Crippen LogP contribution in [-0.4, -0.2) is 29.6 Å². The van der Waals surface area contributed by atoms with Gasteiger partial charge in [-0.25, -0.2) is 4.98 Å². The second kappa shape index (κ2) is 9.97. The molecule has 3 aromatic carbocycles. The third kappa shape index (κ3) is 4.36. The lowest BCUT2D eigenvalue weighted by Gasteiger charge is -2.14. The van der Waals surface area contributed by atoms with Crippen LogP contribution in [0.5, 0.6) is 11.5 Å². The van der Waals surface area contributed by atoms with E-state index in [1.54, 1.807) is 48.5 Å². The summed E-state index contributed by atoms with van der Waals surface area (Å²) in [5, 5.41) is 6.59. The molecule has 0 aliphatic rings. The summed E-state index contributed by atoms with van der Waals surface area (Å²) in [6.45, 7) is 2.27. The van der Waals surface area contributed by atoms with E-state index >= 15 is 0 Å². The van der Waals surface area contributed by atoms with Crippen LogP contribution in [0, 0.1) is 0 Å². The summed E-state index contributed by atoms with van der Waals surface area (Å²) >= 11 is 16.2. The molecule has 7 nitrogen and oxygen atoms in total. The molecule has 0 aliphatic carbocycles. The molecule has 0 saturated carbocycles. The minimum absolute atomic E-state index is 0.238. The Morgan fingerprint density at radius 1 is 1.17 bits per heavy atom. The average molecular weight is 587 g/mol. The van der Waals surface area contributed by atoms with Gasteiger partial charge >= 0.3 is 0 Å². The fourth-order valence-corrected chi connectivity index (χ4v) is 4.60. The normalized spacial score (nSPS) is 11.6. The van der Waals surface area contributed by atoms with E-state index in [9.17, 15) is 4.79 Å². The molecule has 36 heavy (non-hydrogen) atoms. The maximum Gasteiger partial charge on any atom is 0.282 e. The summed E-state index contributed by atoms with van der Waals surface area (Å²) in [5.41, 5.74) is 1.35. The van der Waals surface area contributed by atoms with Crippen LogP contribution >= 0.6 is 39.1 Å². The van der Waals surface area contributed by atoms with Crippen molar-refractivity contribution in [2.75, 3.05) is 13.7 Å². The maximum atomic E-state index is 13.5. The summed E-state index contributed by atoms with van der Waals surface area (Å²) in [5.74, 6) is 1.46. The minimum atomic E-state index is -0.356. The molecule has 2 heterocycles. The van der Waals surface area contributed by atoms with Gasteiger partial charge in [0.15, 0.2) is 17.3 Å². The molecule has 5 rings (SSSR count). The number of aromatic nitrogens is 2. The highest BCUT2D eigenvalue weighted by molar-refractivity contribution is 9.10. The molecule has 0 saturated heterocycles. The topological polar surface area (TPSA) is 78.8 Å². The Bertz CT molecular complexity index is 1710. The van der Waals surface area contributed by atoms with Gasteiger partial charge in [0.25, 0.3) is 5.56 Å². The molecule has 0 atom stereocenters. The highest BCUT2D eigenvalue weighted by Gasteiger charge is 2.19. The number of halogens is 3. The van der Waals surface area contributed by atoms with Crippen molar-refractivity contribution in [3.63, 3.8) is 0 Å². The number of methoxy groups -OCH3 is 1. The largest absolute Gasteiger partial charge is 0.493 e. The van der Waals surface area contributed by atoms with Crippen LogP contribution in [0.3, 0.4) is 0 Å². The number of rotatable bonds is 6. The van der Waals surface area contributed by atoms with Crippen LogP contribution in [0.2, 0.25) is 10.0 Å². The van der Waals surface area contributed by atoms with E-state index in [0.29, 0.717) is 60.4 Å². The highest BCUT2D eigenvalue weighted by Crippen LogP contribution is 2.42. The Kier molecular flexibility index (Phi) is 6.75. The zero-order chi connectivity index (χ0) is 25.4. The number of hydrogen-bond acceptors (Lipinski definition) is 6. The molecule has 0 unspecified atom stereocenters. The van der Waals surface area contributed by atoms with Gasteiger partial charge in [0, 0.05) is 20.4 Å². The number of furan rings is 1. The molecule has 0 radical (unpaired) electrons. The van der Waals surface area contributed by atoms with Crippen molar-refractivity contribution in [3.8, 4) is 23.1 Å². The fraction of sp³-hybridized carbons (Fsp3) is 0.115. The number of nitrogens with zero attached hydrogens (tertiary/aromatic N) is 3. The van der Waals surface area contributed by atoms with Crippen molar-refractivity contribution >= 4 is 67.2 Å². The molecule has 0 N–H and O–H groups in total. The van der Waals surface area contributed by atoms with Gasteiger partial charge in [-0.05, 0) is 65.3 Å². The quantitative estimate of drug-likeness (QED) is 0.197. The third-order valence-corrected chi connectivity index (χ3v) is 7.11. The molecule has 2 aromatic heterocycles. The second-order valence-corrected chi connectivity index (χ2v) is 9.27. The molecular formula is C26H18BrCl2N3O4. The van der Waals surface area contributed by atoms with E-state index in [0.717, 1.165) is 5.39 Å². The SMILES string of the molecule is CCOc1c(OC)cc(C=Nn2c(-c3cc4cc(Cl)ccc4o3)nc3ccccc3c2=O)c(Br)c1Cl. The lowest BCUT2D eigenvalue weighted by molar-refractivity contribution is 0.311. The van der Waals surface area contributed by atoms with Crippen molar-refractivity contribution in [1.82, 2.24) is 9.66 Å². The lowest BCUT2D eigenvalue weighted by atomic mass is 10.2. The van der Waals surface area contributed by atoms with E-state index < -0.39 is 0 Å². The van der Waals surface area contributed by atoms with Gasteiger partial charge in [-0.1, -0.05) is 35.3 Å². The van der Waals surface area contributed by atoms with Gasteiger partial charge in [0.2, 0.25) is 5.82 Å². The zero-order valence-electron chi connectivity index (χ0n) is 19.1. The van der Waals surface area contributed by atoms with Crippen LogP contribution in [-0.2, 0) is 0 Å². The van der Waals surface area contributed by atoms with Gasteiger partial charge in [-0.3, -0.25) is 4.79 Å². The van der Waals surface area contributed by atoms with Crippen LogP contribution < -0.4 is 15.0 Å². The fourth-order valence-electron chi connectivity index (χ4n) is 3.76. The van der Waals surface area contributed by atoms with Crippen LogP contribution in [0.15, 0.2) is 73.4 Å². The first-order chi connectivity index (χ1) is 17.4. The minimum Gasteiger partial charge on any atom is -0.493 e. The van der Waals surface area contributed by atoms with Crippen molar-refractivity contribution in [2.45, 2.75) is 6.92 Å². The Hall–Kier alpha value is -3.33. The summed E-state index contributed by atoms with van der Waals surface area (Å²) < 4.78 is 18.8. The Morgan fingerprint density at radius 2 is 1.97 bits per heavy atom. The number of benzene rings is 3. The first-order valence-corrected chi connectivity index (χ1v) is 12.4. The van der Waals surface area contributed by atoms with Gasteiger partial charge in [-0.15, -0.1) is 0 Å². The van der Waals surface area contributed by atoms with E-state index in [2.05, 4.69) is 26.0 Å².